The molecule has 7 heteroatoms. The molecule has 1 saturated carbocycles. The van der Waals surface area contributed by atoms with Crippen LogP contribution in [0.2, 0.25) is 0 Å². The van der Waals surface area contributed by atoms with Gasteiger partial charge < -0.3 is 24.3 Å². The van der Waals surface area contributed by atoms with Crippen molar-refractivity contribution < 1.29 is 23.7 Å². The summed E-state index contributed by atoms with van der Waals surface area (Å²) in [4.78, 5) is 13.2. The van der Waals surface area contributed by atoms with Gasteiger partial charge in [-0.1, -0.05) is 0 Å². The van der Waals surface area contributed by atoms with Crippen LogP contribution in [0.3, 0.4) is 0 Å². The molecule has 0 radical (unpaired) electrons. The van der Waals surface area contributed by atoms with Crippen molar-refractivity contribution in [1.29, 1.82) is 0 Å². The van der Waals surface area contributed by atoms with Crippen LogP contribution in [-0.4, -0.2) is 51.1 Å². The first-order valence-electron chi connectivity index (χ1n) is 8.18. The number of amides is 1. The predicted octanol–water partition coefficient (Wildman–Crippen LogP) is 1.83. The van der Waals surface area contributed by atoms with E-state index in [4.69, 9.17) is 18.9 Å². The Labute approximate surface area is 139 Å². The number of hydrogen-bond acceptors (Lipinski definition) is 6. The molecule has 0 spiro atoms. The highest BCUT2D eigenvalue weighted by molar-refractivity contribution is 7.12. The zero-order chi connectivity index (χ0) is 15.6. The van der Waals surface area contributed by atoms with Gasteiger partial charge in [0.25, 0.3) is 5.91 Å². The number of ether oxygens (including phenoxy) is 4. The van der Waals surface area contributed by atoms with Crippen LogP contribution in [0.1, 0.15) is 28.9 Å². The third-order valence-electron chi connectivity index (χ3n) is 4.36. The van der Waals surface area contributed by atoms with Gasteiger partial charge in [0.1, 0.15) is 18.1 Å². The largest absolute Gasteiger partial charge is 0.485 e. The van der Waals surface area contributed by atoms with Crippen molar-refractivity contribution >= 4 is 17.2 Å². The molecule has 1 aliphatic carbocycles. The van der Waals surface area contributed by atoms with Gasteiger partial charge in [-0.2, -0.15) is 0 Å². The predicted molar refractivity (Wildman–Crippen MR) is 84.5 cm³/mol. The van der Waals surface area contributed by atoms with Crippen LogP contribution < -0.4 is 14.8 Å². The maximum absolute atomic E-state index is 12.6. The molecule has 1 amide bonds. The molecule has 3 aliphatic rings. The fourth-order valence-electron chi connectivity index (χ4n) is 2.85. The summed E-state index contributed by atoms with van der Waals surface area (Å²) in [6.45, 7) is 2.98. The van der Waals surface area contributed by atoms with Gasteiger partial charge in [0.15, 0.2) is 11.5 Å². The number of fused-ring (bicyclic) bond motifs is 1. The number of thiophene rings is 1. The molecule has 6 nitrogen and oxygen atoms in total. The second kappa shape index (κ2) is 6.67. The van der Waals surface area contributed by atoms with Crippen molar-refractivity contribution in [3.63, 3.8) is 0 Å². The molecular formula is C16H21NO5S. The van der Waals surface area contributed by atoms with E-state index in [1.54, 1.807) is 0 Å². The van der Waals surface area contributed by atoms with Crippen molar-refractivity contribution in [3.8, 4) is 11.5 Å². The topological polar surface area (TPSA) is 66.0 Å². The lowest BCUT2D eigenvalue weighted by Gasteiger charge is -2.32. The Morgan fingerprint density at radius 3 is 3.00 bits per heavy atom. The molecule has 126 valence electrons. The van der Waals surface area contributed by atoms with Crippen LogP contribution in [0, 0.1) is 5.92 Å². The zero-order valence-corrected chi connectivity index (χ0v) is 13.7. The van der Waals surface area contributed by atoms with Gasteiger partial charge in [-0.3, -0.25) is 4.79 Å². The fraction of sp³-hybridized carbons (Fsp3) is 0.688. The Hall–Kier alpha value is -1.31. The summed E-state index contributed by atoms with van der Waals surface area (Å²) in [5, 5.41) is 4.87. The number of hydrogen-bond donors (Lipinski definition) is 1. The fourth-order valence-corrected chi connectivity index (χ4v) is 3.68. The lowest BCUT2D eigenvalue weighted by atomic mass is 10.1. The Bertz CT molecular complexity index is 571. The van der Waals surface area contributed by atoms with Gasteiger partial charge in [0.2, 0.25) is 0 Å². The Morgan fingerprint density at radius 2 is 2.13 bits per heavy atom. The van der Waals surface area contributed by atoms with Gasteiger partial charge in [0, 0.05) is 18.6 Å². The minimum atomic E-state index is -0.141. The molecule has 0 aromatic carbocycles. The quantitative estimate of drug-likeness (QED) is 0.887. The van der Waals surface area contributed by atoms with Crippen molar-refractivity contribution in [3.05, 3.63) is 10.3 Å². The molecule has 4 rings (SSSR count). The van der Waals surface area contributed by atoms with Gasteiger partial charge in [0.05, 0.1) is 18.8 Å². The van der Waals surface area contributed by atoms with E-state index in [0.29, 0.717) is 48.7 Å². The van der Waals surface area contributed by atoms with Crippen molar-refractivity contribution in [2.45, 2.75) is 31.4 Å². The molecule has 2 unspecified atom stereocenters. The van der Waals surface area contributed by atoms with E-state index >= 15 is 0 Å². The van der Waals surface area contributed by atoms with E-state index in [-0.39, 0.29) is 18.1 Å². The van der Waals surface area contributed by atoms with Gasteiger partial charge in [-0.25, -0.2) is 0 Å². The molecule has 1 aromatic heterocycles. The summed E-state index contributed by atoms with van der Waals surface area (Å²) in [5.74, 6) is 1.79. The standard InChI is InChI=1S/C16H21NO5S/c18-16(15-14-13(9-23-15)20-5-6-21-14)17-11-8-19-4-3-12(11)22-7-10-1-2-10/h9-12H,1-8H2,(H,17,18). The minimum Gasteiger partial charge on any atom is -0.485 e. The van der Waals surface area contributed by atoms with Crippen molar-refractivity contribution in [2.75, 3.05) is 33.0 Å². The molecule has 2 fully saturated rings. The first-order chi connectivity index (χ1) is 11.3. The highest BCUT2D eigenvalue weighted by atomic mass is 32.1. The van der Waals surface area contributed by atoms with E-state index in [9.17, 15) is 4.79 Å². The minimum absolute atomic E-state index is 0.0289. The highest BCUT2D eigenvalue weighted by Gasteiger charge is 2.32. The molecule has 0 bridgehead atoms. The van der Waals surface area contributed by atoms with Crippen LogP contribution in [-0.2, 0) is 9.47 Å². The number of nitrogens with one attached hydrogen (secondary N) is 1. The maximum Gasteiger partial charge on any atom is 0.265 e. The molecule has 3 heterocycles. The molecule has 2 aliphatic heterocycles. The zero-order valence-electron chi connectivity index (χ0n) is 12.9. The number of carbonyl (C=O) groups excluding carboxylic acids is 1. The Kier molecular flexibility index (Phi) is 4.41. The first-order valence-corrected chi connectivity index (χ1v) is 9.06. The van der Waals surface area contributed by atoms with Gasteiger partial charge in [-0.15, -0.1) is 11.3 Å². The molecular weight excluding hydrogens is 318 g/mol. The van der Waals surface area contributed by atoms with Crippen LogP contribution in [0.15, 0.2) is 5.38 Å². The summed E-state index contributed by atoms with van der Waals surface area (Å²) in [5.41, 5.74) is 0. The van der Waals surface area contributed by atoms with Crippen LogP contribution >= 0.6 is 11.3 Å². The highest BCUT2D eigenvalue weighted by Crippen LogP contribution is 2.39. The molecule has 23 heavy (non-hydrogen) atoms. The Morgan fingerprint density at radius 1 is 1.26 bits per heavy atom. The van der Waals surface area contributed by atoms with Gasteiger partial charge >= 0.3 is 0 Å². The normalized spacial score (nSPS) is 26.8. The van der Waals surface area contributed by atoms with Crippen molar-refractivity contribution in [2.24, 2.45) is 5.92 Å². The SMILES string of the molecule is O=C(NC1COCCC1OCC1CC1)c1scc2c1OCCO2. The summed E-state index contributed by atoms with van der Waals surface area (Å²) in [7, 11) is 0. The van der Waals surface area contributed by atoms with E-state index in [1.165, 1.54) is 24.2 Å². The monoisotopic (exact) mass is 339 g/mol. The summed E-state index contributed by atoms with van der Waals surface area (Å²) in [6, 6.07) is -0.114. The molecule has 1 aromatic rings. The average Bonchev–Trinajstić information content (AvgIpc) is 3.31. The first kappa shape index (κ1) is 15.2. The van der Waals surface area contributed by atoms with E-state index in [2.05, 4.69) is 5.32 Å². The van der Waals surface area contributed by atoms with Crippen LogP contribution in [0.4, 0.5) is 0 Å². The van der Waals surface area contributed by atoms with Crippen LogP contribution in [0.25, 0.3) is 0 Å². The van der Waals surface area contributed by atoms with E-state index in [0.717, 1.165) is 13.0 Å². The van der Waals surface area contributed by atoms with Crippen LogP contribution in [0.5, 0.6) is 11.5 Å². The molecule has 1 saturated heterocycles. The summed E-state index contributed by atoms with van der Waals surface area (Å²) in [6.07, 6.45) is 3.37. The second-order valence-corrected chi connectivity index (χ2v) is 7.09. The lowest BCUT2D eigenvalue weighted by molar-refractivity contribution is -0.0567. The Balaban J connectivity index is 1.40. The molecule has 1 N–H and O–H groups in total. The smallest absolute Gasteiger partial charge is 0.265 e. The van der Waals surface area contributed by atoms with Crippen molar-refractivity contribution in [1.82, 2.24) is 5.32 Å². The van der Waals surface area contributed by atoms with E-state index < -0.39 is 0 Å². The summed E-state index contributed by atoms with van der Waals surface area (Å²) >= 11 is 1.35. The third-order valence-corrected chi connectivity index (χ3v) is 5.30. The number of rotatable bonds is 5. The molecule has 2 atom stereocenters. The average molecular weight is 339 g/mol. The summed E-state index contributed by atoms with van der Waals surface area (Å²) < 4.78 is 22.6. The lowest BCUT2D eigenvalue weighted by Crippen LogP contribution is -2.50. The van der Waals surface area contributed by atoms with Gasteiger partial charge in [-0.05, 0) is 25.2 Å². The van der Waals surface area contributed by atoms with E-state index in [1.807, 2.05) is 5.38 Å². The third kappa shape index (κ3) is 3.46. The second-order valence-electron chi connectivity index (χ2n) is 6.21. The maximum atomic E-state index is 12.6. The number of carbonyl (C=O) groups is 1.